The van der Waals surface area contributed by atoms with Crippen LogP contribution in [-0.2, 0) is 10.0 Å². The van der Waals surface area contributed by atoms with Crippen molar-refractivity contribution < 1.29 is 13.2 Å². The van der Waals surface area contributed by atoms with Crippen LogP contribution in [0.3, 0.4) is 0 Å². The Hall–Kier alpha value is -1.56. The molecule has 0 saturated heterocycles. The predicted octanol–water partition coefficient (Wildman–Crippen LogP) is 5.38. The van der Waals surface area contributed by atoms with Crippen molar-refractivity contribution in [3.8, 4) is 0 Å². The highest BCUT2D eigenvalue weighted by Crippen LogP contribution is 2.33. The molecule has 1 aromatic rings. The Labute approximate surface area is 235 Å². The van der Waals surface area contributed by atoms with Gasteiger partial charge in [-0.05, 0) is 77.1 Å². The van der Waals surface area contributed by atoms with Crippen molar-refractivity contribution in [2.75, 3.05) is 48.2 Å². The van der Waals surface area contributed by atoms with E-state index in [1.54, 1.807) is 4.31 Å². The highest BCUT2D eigenvalue weighted by atomic mass is 32.2. The second-order valence-corrected chi connectivity index (χ2v) is 14.5. The molecule has 0 aliphatic heterocycles. The fourth-order valence-electron chi connectivity index (χ4n) is 4.43. The summed E-state index contributed by atoms with van der Waals surface area (Å²) in [5.74, 6) is 0. The van der Waals surface area contributed by atoms with Crippen LogP contribution in [0.25, 0.3) is 0 Å². The molecule has 0 aliphatic carbocycles. The van der Waals surface area contributed by atoms with Gasteiger partial charge in [0.2, 0.25) is 10.0 Å². The molecule has 0 saturated carbocycles. The van der Waals surface area contributed by atoms with Gasteiger partial charge >= 0.3 is 6.03 Å². The lowest BCUT2D eigenvalue weighted by atomic mass is 9.82. The van der Waals surface area contributed by atoms with E-state index in [1.807, 2.05) is 59.7 Å². The summed E-state index contributed by atoms with van der Waals surface area (Å²) in [6.07, 6.45) is 1.97. The Kier molecular flexibility index (Phi) is 12.7. The minimum absolute atomic E-state index is 0.0540. The smallest absolute Gasteiger partial charge is 0.332 e. The average Bonchev–Trinajstić information content (AvgIpc) is 2.73. The van der Waals surface area contributed by atoms with Gasteiger partial charge in [-0.15, -0.1) is 0 Å². The van der Waals surface area contributed by atoms with Crippen molar-refractivity contribution in [1.82, 2.24) is 14.9 Å². The first-order valence-corrected chi connectivity index (χ1v) is 15.9. The van der Waals surface area contributed by atoms with Crippen molar-refractivity contribution in [2.24, 2.45) is 5.41 Å². The van der Waals surface area contributed by atoms with Crippen LogP contribution in [0.2, 0.25) is 0 Å². The number of rotatable bonds is 11. The Morgan fingerprint density at radius 3 is 2.11 bits per heavy atom. The van der Waals surface area contributed by atoms with E-state index >= 15 is 0 Å². The van der Waals surface area contributed by atoms with E-state index in [-0.39, 0.29) is 11.4 Å². The summed E-state index contributed by atoms with van der Waals surface area (Å²) in [5.41, 5.74) is 2.29. The van der Waals surface area contributed by atoms with Gasteiger partial charge in [0.15, 0.2) is 4.32 Å². The fourth-order valence-corrected chi connectivity index (χ4v) is 6.33. The number of thiocarbonyl (C=S) groups is 1. The van der Waals surface area contributed by atoms with E-state index in [2.05, 4.69) is 40.6 Å². The van der Waals surface area contributed by atoms with Crippen LogP contribution >= 0.6 is 24.2 Å². The van der Waals surface area contributed by atoms with Gasteiger partial charge in [0.1, 0.15) is 0 Å². The van der Waals surface area contributed by atoms with Gasteiger partial charge in [-0.25, -0.2) is 22.2 Å². The zero-order valence-electron chi connectivity index (χ0n) is 24.3. The van der Waals surface area contributed by atoms with Crippen LogP contribution in [0.4, 0.5) is 16.2 Å². The molecule has 37 heavy (non-hydrogen) atoms. The molecule has 0 unspecified atom stereocenters. The minimum Gasteiger partial charge on any atom is -0.370 e. The summed E-state index contributed by atoms with van der Waals surface area (Å²) in [4.78, 5) is 17.8. The molecule has 11 heteroatoms. The summed E-state index contributed by atoms with van der Waals surface area (Å²) in [7, 11) is -3.24. The van der Waals surface area contributed by atoms with Crippen molar-refractivity contribution in [3.05, 3.63) is 23.8 Å². The topological polar surface area (TPSA) is 85.0 Å². The van der Waals surface area contributed by atoms with Crippen molar-refractivity contribution in [1.29, 1.82) is 0 Å². The van der Waals surface area contributed by atoms with E-state index in [1.165, 1.54) is 11.9 Å². The molecule has 0 atom stereocenters. The van der Waals surface area contributed by atoms with Gasteiger partial charge in [0, 0.05) is 55.9 Å². The molecule has 1 aromatic carbocycles. The van der Waals surface area contributed by atoms with Crippen LogP contribution in [-0.4, -0.2) is 68.2 Å². The first kappa shape index (κ1) is 33.5. The molecule has 0 spiro atoms. The first-order chi connectivity index (χ1) is 16.9. The number of benzene rings is 1. The molecule has 0 heterocycles. The Bertz CT molecular complexity index is 1020. The third-order valence-corrected chi connectivity index (χ3v) is 7.85. The van der Waals surface area contributed by atoms with Crippen LogP contribution < -0.4 is 19.2 Å². The third-order valence-electron chi connectivity index (χ3n) is 5.69. The zero-order chi connectivity index (χ0) is 28.6. The van der Waals surface area contributed by atoms with Gasteiger partial charge in [-0.1, -0.05) is 33.0 Å². The lowest BCUT2D eigenvalue weighted by molar-refractivity contribution is 0.218. The number of hydrogen-bond donors (Lipinski definition) is 2. The van der Waals surface area contributed by atoms with Crippen LogP contribution in [0.15, 0.2) is 18.2 Å². The van der Waals surface area contributed by atoms with Crippen molar-refractivity contribution >= 4 is 55.9 Å². The third kappa shape index (κ3) is 11.8. The van der Waals surface area contributed by atoms with E-state index in [0.29, 0.717) is 17.4 Å². The number of hydrogen-bond acceptors (Lipinski definition) is 6. The second-order valence-electron chi connectivity index (χ2n) is 11.1. The van der Waals surface area contributed by atoms with Crippen LogP contribution in [0.1, 0.15) is 67.4 Å². The molecule has 0 aromatic heterocycles. The summed E-state index contributed by atoms with van der Waals surface area (Å²) < 4.78 is 27.7. The van der Waals surface area contributed by atoms with Crippen LogP contribution in [0.5, 0.6) is 0 Å². The second kappa shape index (κ2) is 14.0. The molecular formula is C26H47N5O3S3. The molecular weight excluding hydrogens is 527 g/mol. The van der Waals surface area contributed by atoms with Crippen molar-refractivity contribution in [2.45, 2.75) is 74.3 Å². The van der Waals surface area contributed by atoms with Crippen LogP contribution in [0, 0.1) is 12.3 Å². The Morgan fingerprint density at radius 1 is 1.05 bits per heavy atom. The minimum atomic E-state index is -3.24. The maximum absolute atomic E-state index is 13.7. The van der Waals surface area contributed by atoms with Gasteiger partial charge in [0.25, 0.3) is 0 Å². The summed E-state index contributed by atoms with van der Waals surface area (Å²) in [5, 5.41) is 3.22. The fraction of sp³-hybridized carbons (Fsp3) is 0.692. The number of nitrogens with zero attached hydrogens (tertiary/aromatic N) is 3. The monoisotopic (exact) mass is 573 g/mol. The lowest BCUT2D eigenvalue weighted by Gasteiger charge is -2.36. The van der Waals surface area contributed by atoms with E-state index < -0.39 is 15.6 Å². The van der Waals surface area contributed by atoms with Gasteiger partial charge in [0.05, 0.1) is 11.9 Å². The number of amides is 2. The molecule has 0 radical (unpaired) electrons. The highest BCUT2D eigenvalue weighted by molar-refractivity contribution is 8.24. The number of carbonyl (C=O) groups excluding carboxylic acids is 1. The predicted molar refractivity (Wildman–Crippen MR) is 164 cm³/mol. The largest absolute Gasteiger partial charge is 0.370 e. The molecule has 0 bridgehead atoms. The van der Waals surface area contributed by atoms with Gasteiger partial charge < -0.3 is 15.1 Å². The number of aryl methyl sites for hydroxylation is 1. The van der Waals surface area contributed by atoms with E-state index in [9.17, 15) is 13.2 Å². The average molecular weight is 574 g/mol. The maximum Gasteiger partial charge on any atom is 0.332 e. The molecule has 212 valence electrons. The number of urea groups is 1. The summed E-state index contributed by atoms with van der Waals surface area (Å²) in [6, 6.07) is 5.72. The quantitative estimate of drug-likeness (QED) is 0.272. The Morgan fingerprint density at radius 2 is 1.65 bits per heavy atom. The summed E-state index contributed by atoms with van der Waals surface area (Å²) >= 11 is 6.97. The lowest BCUT2D eigenvalue weighted by Crippen LogP contribution is -2.50. The molecule has 0 aliphatic rings. The number of sulfonamides is 1. The normalized spacial score (nSPS) is 12.3. The molecule has 0 fully saturated rings. The Balaban J connectivity index is 3.30. The number of carbonyl (C=O) groups is 1. The number of nitrogens with one attached hydrogen (secondary N) is 2. The zero-order valence-corrected chi connectivity index (χ0v) is 26.7. The number of likely N-dealkylation sites (N-methyl/N-ethyl adjacent to an activating group) is 1. The van der Waals surface area contributed by atoms with E-state index in [4.69, 9.17) is 12.2 Å². The van der Waals surface area contributed by atoms with Gasteiger partial charge in [-0.3, -0.25) is 0 Å². The molecule has 2 N–H and O–H groups in total. The SMILES string of the molecule is CCN(CC)C(=S)SN(C(=O)NC(C)(C)CC(C)(C)C)c1ccc(N(CC)CCNS(C)(=O)=O)cc1C. The molecule has 1 rings (SSSR count). The number of anilines is 2. The van der Waals surface area contributed by atoms with E-state index in [0.717, 1.165) is 49.2 Å². The standard InChI is InChI=1S/C26H47N5O3S3/c1-11-29(12-2)24(35)36-31(23(32)28-26(8,9)19-25(5,6)7)22-15-14-21(18-20(22)4)30(13-3)17-16-27-37(10,33)34/h14-15,18,27H,11-13,16-17,19H2,1-10H3,(H,28,32). The molecule has 2 amide bonds. The molecule has 8 nitrogen and oxygen atoms in total. The highest BCUT2D eigenvalue weighted by Gasteiger charge is 2.31. The summed E-state index contributed by atoms with van der Waals surface area (Å²) in [6.45, 7) is 21.8. The van der Waals surface area contributed by atoms with Gasteiger partial charge in [-0.2, -0.15) is 0 Å². The maximum atomic E-state index is 13.7. The van der Waals surface area contributed by atoms with Crippen molar-refractivity contribution in [3.63, 3.8) is 0 Å². The first-order valence-electron chi connectivity index (χ1n) is 12.8.